The molecule has 3 rings (SSSR count). The lowest BCUT2D eigenvalue weighted by Crippen LogP contribution is -2.34. The Bertz CT molecular complexity index is 1060. The molecule has 0 bridgehead atoms. The van der Waals surface area contributed by atoms with Crippen LogP contribution in [0.1, 0.15) is 16.1 Å². The summed E-state index contributed by atoms with van der Waals surface area (Å²) < 4.78 is 26.8. The second-order valence-corrected chi connectivity index (χ2v) is 7.94. The summed E-state index contributed by atoms with van der Waals surface area (Å²) in [6.07, 6.45) is 0. The van der Waals surface area contributed by atoms with Gasteiger partial charge in [-0.3, -0.25) is 9.89 Å². The van der Waals surface area contributed by atoms with Crippen molar-refractivity contribution in [1.29, 1.82) is 0 Å². The molecule has 3 aromatic rings. The number of carbonyl (C=O) groups excluding carboxylic acids is 1. The summed E-state index contributed by atoms with van der Waals surface area (Å²) in [7, 11) is -3.68. The summed E-state index contributed by atoms with van der Waals surface area (Å²) >= 11 is 5.81. The van der Waals surface area contributed by atoms with Crippen LogP contribution in [-0.4, -0.2) is 37.6 Å². The Morgan fingerprint density at radius 1 is 1.19 bits per heavy atom. The van der Waals surface area contributed by atoms with E-state index in [4.69, 9.17) is 11.6 Å². The molecule has 0 spiro atoms. The number of aromatic amines is 1. The average Bonchev–Trinajstić information content (AvgIpc) is 3.01. The molecule has 0 atom stereocenters. The lowest BCUT2D eigenvalue weighted by molar-refractivity contribution is 0.0951. The summed E-state index contributed by atoms with van der Waals surface area (Å²) in [4.78, 5) is 12.4. The van der Waals surface area contributed by atoms with Crippen molar-refractivity contribution < 1.29 is 13.2 Å². The second-order valence-electron chi connectivity index (χ2n) is 5.73. The van der Waals surface area contributed by atoms with E-state index in [1.54, 1.807) is 12.1 Å². The van der Waals surface area contributed by atoms with E-state index in [2.05, 4.69) is 20.2 Å². The highest BCUT2D eigenvalue weighted by Gasteiger charge is 2.16. The highest BCUT2D eigenvalue weighted by molar-refractivity contribution is 7.89. The zero-order valence-electron chi connectivity index (χ0n) is 13.9. The molecule has 0 saturated heterocycles. The van der Waals surface area contributed by atoms with Crippen molar-refractivity contribution in [2.45, 2.75) is 11.8 Å². The molecule has 2 aromatic carbocycles. The molecule has 0 unspecified atom stereocenters. The van der Waals surface area contributed by atoms with Gasteiger partial charge in [0.05, 0.1) is 10.4 Å². The smallest absolute Gasteiger partial charge is 0.272 e. The van der Waals surface area contributed by atoms with E-state index in [0.717, 1.165) is 16.5 Å². The number of hydrogen-bond donors (Lipinski definition) is 3. The Morgan fingerprint density at radius 3 is 2.77 bits per heavy atom. The first kappa shape index (κ1) is 18.4. The molecule has 1 aromatic heterocycles. The lowest BCUT2D eigenvalue weighted by Gasteiger charge is -2.08. The van der Waals surface area contributed by atoms with E-state index in [1.807, 2.05) is 25.1 Å². The number of fused-ring (bicyclic) bond motifs is 1. The van der Waals surface area contributed by atoms with E-state index in [1.165, 1.54) is 12.1 Å². The van der Waals surface area contributed by atoms with E-state index >= 15 is 0 Å². The number of aromatic nitrogens is 2. The van der Waals surface area contributed by atoms with Crippen LogP contribution in [0, 0.1) is 6.92 Å². The van der Waals surface area contributed by atoms with Gasteiger partial charge in [0.2, 0.25) is 10.0 Å². The number of hydrogen-bond acceptors (Lipinski definition) is 4. The maximum absolute atomic E-state index is 12.3. The molecule has 0 saturated carbocycles. The van der Waals surface area contributed by atoms with Crippen LogP contribution in [0.25, 0.3) is 10.9 Å². The zero-order chi connectivity index (χ0) is 18.7. The first-order chi connectivity index (χ1) is 12.4. The Hall–Kier alpha value is -2.42. The third-order valence-electron chi connectivity index (χ3n) is 3.74. The molecule has 1 amide bonds. The summed E-state index contributed by atoms with van der Waals surface area (Å²) in [6.45, 7) is 2.10. The topological polar surface area (TPSA) is 104 Å². The number of halogens is 1. The quantitative estimate of drug-likeness (QED) is 0.559. The number of sulfonamides is 1. The van der Waals surface area contributed by atoms with E-state index < -0.39 is 10.0 Å². The lowest BCUT2D eigenvalue weighted by atomic mass is 10.1. The van der Waals surface area contributed by atoms with E-state index in [9.17, 15) is 13.2 Å². The summed E-state index contributed by atoms with van der Waals surface area (Å²) in [5, 5.41) is 10.6. The van der Waals surface area contributed by atoms with Crippen molar-refractivity contribution in [2.75, 3.05) is 13.1 Å². The molecule has 0 fully saturated rings. The molecule has 0 aliphatic rings. The van der Waals surface area contributed by atoms with Crippen LogP contribution in [0.3, 0.4) is 0 Å². The largest absolute Gasteiger partial charge is 0.349 e. The van der Waals surface area contributed by atoms with Crippen LogP contribution in [0.5, 0.6) is 0 Å². The van der Waals surface area contributed by atoms with Gasteiger partial charge in [-0.1, -0.05) is 29.3 Å². The number of nitrogens with one attached hydrogen (secondary N) is 3. The SMILES string of the molecule is Cc1ccc2[nH]nc(C(=O)NCCNS(=O)(=O)c3cccc(Cl)c3)c2c1. The van der Waals surface area contributed by atoms with Gasteiger partial charge >= 0.3 is 0 Å². The minimum Gasteiger partial charge on any atom is -0.349 e. The van der Waals surface area contributed by atoms with Crippen LogP contribution in [0.2, 0.25) is 5.02 Å². The molecule has 26 heavy (non-hydrogen) atoms. The highest BCUT2D eigenvalue weighted by Crippen LogP contribution is 2.17. The Kier molecular flexibility index (Phi) is 5.26. The predicted octanol–water partition coefficient (Wildman–Crippen LogP) is 2.23. The molecule has 0 radical (unpaired) electrons. The molecule has 0 aliphatic carbocycles. The number of amides is 1. The molecule has 7 nitrogen and oxygen atoms in total. The predicted molar refractivity (Wildman–Crippen MR) is 99.8 cm³/mol. The van der Waals surface area contributed by atoms with E-state index in [-0.39, 0.29) is 29.6 Å². The summed E-state index contributed by atoms with van der Waals surface area (Å²) in [6, 6.07) is 11.6. The zero-order valence-corrected chi connectivity index (χ0v) is 15.5. The van der Waals surface area contributed by atoms with Crippen molar-refractivity contribution in [1.82, 2.24) is 20.2 Å². The third-order valence-corrected chi connectivity index (χ3v) is 5.44. The molecule has 9 heteroatoms. The molecule has 136 valence electrons. The summed E-state index contributed by atoms with van der Waals surface area (Å²) in [5.74, 6) is -0.371. The molecular formula is C17H17ClN4O3S. The van der Waals surface area contributed by atoms with Crippen molar-refractivity contribution in [3.05, 3.63) is 58.7 Å². The molecule has 3 N–H and O–H groups in total. The second kappa shape index (κ2) is 7.45. The van der Waals surface area contributed by atoms with Crippen LogP contribution in [0.4, 0.5) is 0 Å². The van der Waals surface area contributed by atoms with Crippen molar-refractivity contribution >= 4 is 38.4 Å². The number of H-pyrrole nitrogens is 1. The Labute approximate surface area is 155 Å². The molecule has 1 heterocycles. The third kappa shape index (κ3) is 4.04. The number of nitrogens with zero attached hydrogens (tertiary/aromatic N) is 1. The van der Waals surface area contributed by atoms with Crippen molar-refractivity contribution in [3.63, 3.8) is 0 Å². The fourth-order valence-electron chi connectivity index (χ4n) is 2.46. The van der Waals surface area contributed by atoms with Gasteiger partial charge in [-0.15, -0.1) is 0 Å². The minimum absolute atomic E-state index is 0.0436. The van der Waals surface area contributed by atoms with Gasteiger partial charge in [0.25, 0.3) is 5.91 Å². The van der Waals surface area contributed by atoms with Crippen LogP contribution in [-0.2, 0) is 10.0 Å². The maximum atomic E-state index is 12.3. The van der Waals surface area contributed by atoms with Crippen LogP contribution < -0.4 is 10.0 Å². The maximum Gasteiger partial charge on any atom is 0.272 e. The number of benzene rings is 2. The van der Waals surface area contributed by atoms with Gasteiger partial charge in [0.15, 0.2) is 5.69 Å². The van der Waals surface area contributed by atoms with Gasteiger partial charge in [-0.2, -0.15) is 5.10 Å². The highest BCUT2D eigenvalue weighted by atomic mass is 35.5. The van der Waals surface area contributed by atoms with Gasteiger partial charge in [-0.05, 0) is 37.3 Å². The Morgan fingerprint density at radius 2 is 2.00 bits per heavy atom. The number of aryl methyl sites for hydroxylation is 1. The standard InChI is InChI=1S/C17H17ClN4O3S/c1-11-5-6-15-14(9-11)16(22-21-15)17(23)19-7-8-20-26(24,25)13-4-2-3-12(18)10-13/h2-6,9-10,20H,7-8H2,1H3,(H,19,23)(H,21,22). The normalized spacial score (nSPS) is 11.6. The first-order valence-electron chi connectivity index (χ1n) is 7.85. The fourth-order valence-corrected chi connectivity index (χ4v) is 3.80. The van der Waals surface area contributed by atoms with Crippen LogP contribution >= 0.6 is 11.6 Å². The van der Waals surface area contributed by atoms with Crippen LogP contribution in [0.15, 0.2) is 47.4 Å². The monoisotopic (exact) mass is 392 g/mol. The van der Waals surface area contributed by atoms with Gasteiger partial charge in [0.1, 0.15) is 0 Å². The number of rotatable bonds is 6. The Balaban J connectivity index is 1.59. The molecule has 0 aliphatic heterocycles. The first-order valence-corrected chi connectivity index (χ1v) is 9.71. The van der Waals surface area contributed by atoms with Gasteiger partial charge in [-0.25, -0.2) is 13.1 Å². The fraction of sp³-hybridized carbons (Fsp3) is 0.176. The van der Waals surface area contributed by atoms with Crippen molar-refractivity contribution in [2.24, 2.45) is 0 Å². The average molecular weight is 393 g/mol. The molecular weight excluding hydrogens is 376 g/mol. The number of carbonyl (C=O) groups is 1. The van der Waals surface area contributed by atoms with E-state index in [0.29, 0.717) is 5.02 Å². The minimum atomic E-state index is -3.68. The van der Waals surface area contributed by atoms with Gasteiger partial charge in [0, 0.05) is 23.5 Å². The van der Waals surface area contributed by atoms with Crippen molar-refractivity contribution in [3.8, 4) is 0 Å². The van der Waals surface area contributed by atoms with Gasteiger partial charge < -0.3 is 5.32 Å². The summed E-state index contributed by atoms with van der Waals surface area (Å²) in [5.41, 5.74) is 2.06.